The van der Waals surface area contributed by atoms with Crippen LogP contribution < -0.4 is 5.32 Å². The van der Waals surface area contributed by atoms with Gasteiger partial charge < -0.3 is 15.5 Å². The fourth-order valence-electron chi connectivity index (χ4n) is 2.48. The second kappa shape index (κ2) is 7.48. The van der Waals surface area contributed by atoms with Crippen molar-refractivity contribution in [1.29, 1.82) is 0 Å². The Labute approximate surface area is 115 Å². The molecule has 1 unspecified atom stereocenters. The monoisotopic (exact) mass is 264 g/mol. The summed E-state index contributed by atoms with van der Waals surface area (Å²) in [5, 5.41) is 21.5. The van der Waals surface area contributed by atoms with E-state index >= 15 is 0 Å². The van der Waals surface area contributed by atoms with Crippen LogP contribution in [0.5, 0.6) is 0 Å². The standard InChI is InChI=1S/C15H24N2O2/c18-12-14(19)10-16-15-7-3-2-6-13(15)11-17-8-4-1-5-9-17/h2-3,6-7,14,16,18-19H,1,4-5,8-12H2. The maximum atomic E-state index is 9.41. The predicted molar refractivity (Wildman–Crippen MR) is 77.2 cm³/mol. The van der Waals surface area contributed by atoms with Gasteiger partial charge in [0.15, 0.2) is 0 Å². The summed E-state index contributed by atoms with van der Waals surface area (Å²) in [5.74, 6) is 0. The lowest BCUT2D eigenvalue weighted by Crippen LogP contribution is -2.30. The van der Waals surface area contributed by atoms with Crippen molar-refractivity contribution in [3.8, 4) is 0 Å². The molecule has 1 fully saturated rings. The molecule has 0 aromatic heterocycles. The molecule has 0 spiro atoms. The van der Waals surface area contributed by atoms with Gasteiger partial charge in [0.2, 0.25) is 0 Å². The van der Waals surface area contributed by atoms with E-state index in [0.717, 1.165) is 12.2 Å². The first-order chi connectivity index (χ1) is 9.29. The van der Waals surface area contributed by atoms with E-state index in [1.807, 2.05) is 18.2 Å². The van der Waals surface area contributed by atoms with Gasteiger partial charge in [-0.25, -0.2) is 0 Å². The van der Waals surface area contributed by atoms with Gasteiger partial charge in [0.25, 0.3) is 0 Å². The Balaban J connectivity index is 1.94. The Morgan fingerprint density at radius 1 is 1.16 bits per heavy atom. The normalized spacial score (nSPS) is 18.2. The first-order valence-corrected chi connectivity index (χ1v) is 7.12. The van der Waals surface area contributed by atoms with E-state index < -0.39 is 6.10 Å². The van der Waals surface area contributed by atoms with Crippen LogP contribution >= 0.6 is 0 Å². The number of hydrogen-bond donors (Lipinski definition) is 3. The lowest BCUT2D eigenvalue weighted by Gasteiger charge is -2.27. The summed E-state index contributed by atoms with van der Waals surface area (Å²) in [5.41, 5.74) is 2.31. The topological polar surface area (TPSA) is 55.7 Å². The smallest absolute Gasteiger partial charge is 0.0942 e. The predicted octanol–water partition coefficient (Wildman–Crippen LogP) is 1.44. The van der Waals surface area contributed by atoms with E-state index in [4.69, 9.17) is 5.11 Å². The van der Waals surface area contributed by atoms with Crippen LogP contribution in [0.4, 0.5) is 5.69 Å². The summed E-state index contributed by atoms with van der Waals surface area (Å²) < 4.78 is 0. The quantitative estimate of drug-likeness (QED) is 0.728. The van der Waals surface area contributed by atoms with Gasteiger partial charge in [-0.05, 0) is 37.6 Å². The number of benzene rings is 1. The minimum Gasteiger partial charge on any atom is -0.394 e. The summed E-state index contributed by atoms with van der Waals surface area (Å²) in [4.78, 5) is 2.48. The molecule has 1 saturated heterocycles. The first-order valence-electron chi connectivity index (χ1n) is 7.12. The fraction of sp³-hybridized carbons (Fsp3) is 0.600. The second-order valence-corrected chi connectivity index (χ2v) is 5.21. The highest BCUT2D eigenvalue weighted by atomic mass is 16.3. The maximum absolute atomic E-state index is 9.41. The van der Waals surface area contributed by atoms with Gasteiger partial charge in [0.05, 0.1) is 12.7 Å². The molecule has 1 aliphatic rings. The minimum atomic E-state index is -0.706. The molecule has 0 bridgehead atoms. The van der Waals surface area contributed by atoms with Gasteiger partial charge in [0.1, 0.15) is 0 Å². The average Bonchev–Trinajstić information content (AvgIpc) is 2.47. The molecule has 1 aromatic carbocycles. The third-order valence-corrected chi connectivity index (χ3v) is 3.60. The van der Waals surface area contributed by atoms with Crippen molar-refractivity contribution in [2.45, 2.75) is 31.9 Å². The van der Waals surface area contributed by atoms with E-state index in [9.17, 15) is 5.11 Å². The number of nitrogens with one attached hydrogen (secondary N) is 1. The van der Waals surface area contributed by atoms with E-state index in [0.29, 0.717) is 6.54 Å². The SMILES string of the molecule is OCC(O)CNc1ccccc1CN1CCCCC1. The summed E-state index contributed by atoms with van der Waals surface area (Å²) in [6.45, 7) is 3.48. The molecule has 0 amide bonds. The molecule has 1 aromatic rings. The molecule has 3 N–H and O–H groups in total. The molecule has 1 heterocycles. The lowest BCUT2D eigenvalue weighted by atomic mass is 10.1. The largest absolute Gasteiger partial charge is 0.394 e. The van der Waals surface area contributed by atoms with Crippen molar-refractivity contribution < 1.29 is 10.2 Å². The van der Waals surface area contributed by atoms with Crippen LogP contribution in [-0.2, 0) is 6.54 Å². The number of hydrogen-bond acceptors (Lipinski definition) is 4. The van der Waals surface area contributed by atoms with Crippen LogP contribution in [0.3, 0.4) is 0 Å². The minimum absolute atomic E-state index is 0.207. The van der Waals surface area contributed by atoms with Gasteiger partial charge in [0, 0.05) is 18.8 Å². The van der Waals surface area contributed by atoms with Crippen LogP contribution in [0.1, 0.15) is 24.8 Å². The Morgan fingerprint density at radius 3 is 2.63 bits per heavy atom. The zero-order chi connectivity index (χ0) is 13.5. The van der Waals surface area contributed by atoms with Crippen LogP contribution in [0.2, 0.25) is 0 Å². The Hall–Kier alpha value is -1.10. The number of aliphatic hydroxyl groups is 2. The highest BCUT2D eigenvalue weighted by Crippen LogP contribution is 2.19. The third-order valence-electron chi connectivity index (χ3n) is 3.60. The van der Waals surface area contributed by atoms with Crippen molar-refractivity contribution in [1.82, 2.24) is 4.90 Å². The van der Waals surface area contributed by atoms with E-state index in [1.165, 1.54) is 37.9 Å². The van der Waals surface area contributed by atoms with E-state index in [1.54, 1.807) is 0 Å². The Morgan fingerprint density at radius 2 is 1.89 bits per heavy atom. The molecule has 1 aliphatic heterocycles. The average molecular weight is 264 g/mol. The molecule has 2 rings (SSSR count). The van der Waals surface area contributed by atoms with E-state index in [-0.39, 0.29) is 6.61 Å². The third kappa shape index (κ3) is 4.49. The number of likely N-dealkylation sites (tertiary alicyclic amines) is 1. The number of nitrogens with zero attached hydrogens (tertiary/aromatic N) is 1. The molecular weight excluding hydrogens is 240 g/mol. The van der Waals surface area contributed by atoms with E-state index in [2.05, 4.69) is 16.3 Å². The molecule has 19 heavy (non-hydrogen) atoms. The molecular formula is C15H24N2O2. The molecule has 106 valence electrons. The summed E-state index contributed by atoms with van der Waals surface area (Å²) in [6.07, 6.45) is 3.22. The number of anilines is 1. The number of aliphatic hydroxyl groups excluding tert-OH is 2. The van der Waals surface area contributed by atoms with Gasteiger partial charge in [-0.2, -0.15) is 0 Å². The highest BCUT2D eigenvalue weighted by Gasteiger charge is 2.12. The second-order valence-electron chi connectivity index (χ2n) is 5.21. The zero-order valence-electron chi connectivity index (χ0n) is 11.4. The molecule has 4 heteroatoms. The Bertz CT molecular complexity index is 378. The maximum Gasteiger partial charge on any atom is 0.0942 e. The zero-order valence-corrected chi connectivity index (χ0v) is 11.4. The first kappa shape index (κ1) is 14.3. The van der Waals surface area contributed by atoms with Crippen molar-refractivity contribution in [2.24, 2.45) is 0 Å². The fourth-order valence-corrected chi connectivity index (χ4v) is 2.48. The Kier molecular flexibility index (Phi) is 5.63. The molecule has 0 aliphatic carbocycles. The summed E-state index contributed by atoms with van der Waals surface area (Å²) in [7, 11) is 0. The van der Waals surface area contributed by atoms with Gasteiger partial charge >= 0.3 is 0 Å². The van der Waals surface area contributed by atoms with Crippen molar-refractivity contribution in [2.75, 3.05) is 31.6 Å². The highest BCUT2D eigenvalue weighted by molar-refractivity contribution is 5.51. The van der Waals surface area contributed by atoms with Crippen LogP contribution in [-0.4, -0.2) is 47.5 Å². The summed E-state index contributed by atoms with van der Waals surface area (Å²) in [6, 6.07) is 8.20. The summed E-state index contributed by atoms with van der Waals surface area (Å²) >= 11 is 0. The van der Waals surface area contributed by atoms with Crippen LogP contribution in [0.15, 0.2) is 24.3 Å². The molecule has 0 radical (unpaired) electrons. The lowest BCUT2D eigenvalue weighted by molar-refractivity contribution is 0.105. The number of rotatable bonds is 6. The van der Waals surface area contributed by atoms with Crippen LogP contribution in [0, 0.1) is 0 Å². The van der Waals surface area contributed by atoms with Gasteiger partial charge in [-0.1, -0.05) is 24.6 Å². The van der Waals surface area contributed by atoms with Gasteiger partial charge in [-0.3, -0.25) is 4.90 Å². The van der Waals surface area contributed by atoms with Crippen molar-refractivity contribution in [3.05, 3.63) is 29.8 Å². The molecule has 0 saturated carbocycles. The van der Waals surface area contributed by atoms with Gasteiger partial charge in [-0.15, -0.1) is 0 Å². The van der Waals surface area contributed by atoms with Crippen LogP contribution in [0.25, 0.3) is 0 Å². The molecule has 4 nitrogen and oxygen atoms in total. The molecule has 1 atom stereocenters. The van der Waals surface area contributed by atoms with Crippen molar-refractivity contribution >= 4 is 5.69 Å². The van der Waals surface area contributed by atoms with Crippen molar-refractivity contribution in [3.63, 3.8) is 0 Å². The number of piperidine rings is 1. The number of para-hydroxylation sites is 1.